The number of likely N-dealkylation sites (N-methyl/N-ethyl adjacent to an activating group) is 1. The summed E-state index contributed by atoms with van der Waals surface area (Å²) in [5.74, 6) is 0. The van der Waals surface area contributed by atoms with Gasteiger partial charge >= 0.3 is 0 Å². The van der Waals surface area contributed by atoms with Crippen molar-refractivity contribution in [2.45, 2.75) is 25.4 Å². The Morgan fingerprint density at radius 1 is 1.37 bits per heavy atom. The maximum atomic E-state index is 9.63. The molecule has 4 nitrogen and oxygen atoms in total. The van der Waals surface area contributed by atoms with Gasteiger partial charge in [-0.15, -0.1) is 0 Å². The van der Waals surface area contributed by atoms with Crippen molar-refractivity contribution in [1.82, 2.24) is 4.90 Å². The molecular formula is C15H21N3O. The highest BCUT2D eigenvalue weighted by atomic mass is 16.3. The summed E-state index contributed by atoms with van der Waals surface area (Å²) in [6.07, 6.45) is 1.08. The minimum absolute atomic E-state index is 0.114. The Balaban J connectivity index is 2.22. The molecule has 2 rings (SSSR count). The van der Waals surface area contributed by atoms with Crippen LogP contribution in [-0.4, -0.2) is 48.8 Å². The van der Waals surface area contributed by atoms with E-state index in [1.165, 1.54) is 0 Å². The molecule has 102 valence electrons. The Morgan fingerprint density at radius 2 is 2.05 bits per heavy atom. The average molecular weight is 259 g/mol. The van der Waals surface area contributed by atoms with Gasteiger partial charge in [0.25, 0.3) is 0 Å². The average Bonchev–Trinajstić information content (AvgIpc) is 2.59. The number of aliphatic hydroxyl groups is 1. The maximum Gasteiger partial charge on any atom is 0.0991 e. The molecule has 1 aliphatic rings. The minimum atomic E-state index is 0.114. The molecule has 0 aromatic heterocycles. The Kier molecular flexibility index (Phi) is 4.41. The third kappa shape index (κ3) is 3.06. The van der Waals surface area contributed by atoms with Crippen LogP contribution < -0.4 is 4.90 Å². The van der Waals surface area contributed by atoms with Gasteiger partial charge in [-0.05, 0) is 44.7 Å². The molecule has 2 atom stereocenters. The van der Waals surface area contributed by atoms with Crippen LogP contribution in [0, 0.1) is 11.3 Å². The molecule has 0 spiro atoms. The van der Waals surface area contributed by atoms with Gasteiger partial charge in [0.2, 0.25) is 0 Å². The van der Waals surface area contributed by atoms with Crippen molar-refractivity contribution in [2.24, 2.45) is 0 Å². The third-order valence-corrected chi connectivity index (χ3v) is 4.02. The number of benzene rings is 1. The fraction of sp³-hybridized carbons (Fsp3) is 0.533. The van der Waals surface area contributed by atoms with Crippen molar-refractivity contribution >= 4 is 5.69 Å². The van der Waals surface area contributed by atoms with E-state index in [4.69, 9.17) is 5.26 Å². The van der Waals surface area contributed by atoms with E-state index < -0.39 is 0 Å². The normalized spacial score (nSPS) is 24.8. The second-order valence-corrected chi connectivity index (χ2v) is 5.27. The summed E-state index contributed by atoms with van der Waals surface area (Å²) in [6, 6.07) is 10.4. The van der Waals surface area contributed by atoms with Crippen molar-refractivity contribution in [3.8, 4) is 6.07 Å². The van der Waals surface area contributed by atoms with Gasteiger partial charge in [-0.25, -0.2) is 0 Å². The number of hydrogen-bond acceptors (Lipinski definition) is 4. The SMILES string of the molecule is CC1CCN(c2ccc(C#N)cc2)C(CO)CN1C. The Bertz CT molecular complexity index is 451. The zero-order valence-corrected chi connectivity index (χ0v) is 11.6. The maximum absolute atomic E-state index is 9.63. The molecular weight excluding hydrogens is 238 g/mol. The monoisotopic (exact) mass is 259 g/mol. The van der Waals surface area contributed by atoms with Gasteiger partial charge in [-0.3, -0.25) is 0 Å². The second kappa shape index (κ2) is 6.05. The van der Waals surface area contributed by atoms with E-state index >= 15 is 0 Å². The smallest absolute Gasteiger partial charge is 0.0991 e. The van der Waals surface area contributed by atoms with E-state index in [-0.39, 0.29) is 12.6 Å². The van der Waals surface area contributed by atoms with Gasteiger partial charge in [0, 0.05) is 24.8 Å². The molecule has 1 heterocycles. The van der Waals surface area contributed by atoms with Crippen LogP contribution in [0.4, 0.5) is 5.69 Å². The molecule has 0 amide bonds. The highest BCUT2D eigenvalue weighted by Gasteiger charge is 2.26. The summed E-state index contributed by atoms with van der Waals surface area (Å²) >= 11 is 0. The summed E-state index contributed by atoms with van der Waals surface area (Å²) < 4.78 is 0. The Morgan fingerprint density at radius 3 is 2.63 bits per heavy atom. The van der Waals surface area contributed by atoms with Crippen LogP contribution in [0.25, 0.3) is 0 Å². The fourth-order valence-electron chi connectivity index (χ4n) is 2.56. The molecule has 1 fully saturated rings. The van der Waals surface area contributed by atoms with Gasteiger partial charge in [0.1, 0.15) is 0 Å². The van der Waals surface area contributed by atoms with Crippen LogP contribution in [0.15, 0.2) is 24.3 Å². The predicted octanol–water partition coefficient (Wildman–Crippen LogP) is 1.45. The van der Waals surface area contributed by atoms with Gasteiger partial charge in [-0.1, -0.05) is 0 Å². The molecule has 2 unspecified atom stereocenters. The number of aliphatic hydroxyl groups excluding tert-OH is 1. The molecule has 1 N–H and O–H groups in total. The molecule has 0 bridgehead atoms. The molecule has 1 aromatic carbocycles. The lowest BCUT2D eigenvalue weighted by molar-refractivity contribution is 0.206. The van der Waals surface area contributed by atoms with Crippen LogP contribution in [-0.2, 0) is 0 Å². The number of hydrogen-bond donors (Lipinski definition) is 1. The van der Waals surface area contributed by atoms with Crippen LogP contribution in [0.2, 0.25) is 0 Å². The van der Waals surface area contributed by atoms with E-state index in [1.807, 2.05) is 24.3 Å². The van der Waals surface area contributed by atoms with E-state index in [1.54, 1.807) is 0 Å². The highest BCUT2D eigenvalue weighted by molar-refractivity contribution is 5.50. The zero-order chi connectivity index (χ0) is 13.8. The van der Waals surface area contributed by atoms with Crippen molar-refractivity contribution in [3.63, 3.8) is 0 Å². The van der Waals surface area contributed by atoms with Gasteiger partial charge in [0.05, 0.1) is 24.3 Å². The van der Waals surface area contributed by atoms with Crippen molar-refractivity contribution < 1.29 is 5.11 Å². The number of nitrogens with zero attached hydrogens (tertiary/aromatic N) is 3. The number of rotatable bonds is 2. The van der Waals surface area contributed by atoms with E-state index in [9.17, 15) is 5.11 Å². The Labute approximate surface area is 114 Å². The van der Waals surface area contributed by atoms with E-state index in [2.05, 4.69) is 29.8 Å². The van der Waals surface area contributed by atoms with Gasteiger partial charge < -0.3 is 14.9 Å². The minimum Gasteiger partial charge on any atom is -0.394 e. The first-order valence-electron chi connectivity index (χ1n) is 6.73. The molecule has 1 saturated heterocycles. The fourth-order valence-corrected chi connectivity index (χ4v) is 2.56. The van der Waals surface area contributed by atoms with Crippen molar-refractivity contribution in [3.05, 3.63) is 29.8 Å². The molecule has 1 aliphatic heterocycles. The molecule has 1 aromatic rings. The first-order chi connectivity index (χ1) is 9.15. The third-order valence-electron chi connectivity index (χ3n) is 4.02. The lowest BCUT2D eigenvalue weighted by Gasteiger charge is -2.31. The molecule has 0 aliphatic carbocycles. The van der Waals surface area contributed by atoms with Crippen LogP contribution in [0.3, 0.4) is 0 Å². The summed E-state index contributed by atoms with van der Waals surface area (Å²) in [6.45, 7) is 4.16. The topological polar surface area (TPSA) is 50.5 Å². The van der Waals surface area contributed by atoms with E-state index in [0.717, 1.165) is 25.2 Å². The van der Waals surface area contributed by atoms with Crippen molar-refractivity contribution in [2.75, 3.05) is 31.6 Å². The summed E-state index contributed by atoms with van der Waals surface area (Å²) in [7, 11) is 2.11. The second-order valence-electron chi connectivity index (χ2n) is 5.27. The lowest BCUT2D eigenvalue weighted by Crippen LogP contribution is -2.43. The highest BCUT2D eigenvalue weighted by Crippen LogP contribution is 2.22. The van der Waals surface area contributed by atoms with E-state index in [0.29, 0.717) is 11.6 Å². The first kappa shape index (κ1) is 13.9. The summed E-state index contributed by atoms with van der Waals surface area (Å²) in [5, 5.41) is 18.5. The van der Waals surface area contributed by atoms with Crippen LogP contribution in [0.5, 0.6) is 0 Å². The molecule has 4 heteroatoms. The largest absolute Gasteiger partial charge is 0.394 e. The summed E-state index contributed by atoms with van der Waals surface area (Å²) in [5.41, 5.74) is 1.75. The molecule has 0 radical (unpaired) electrons. The quantitative estimate of drug-likeness (QED) is 0.873. The van der Waals surface area contributed by atoms with Gasteiger partial charge in [0.15, 0.2) is 0 Å². The van der Waals surface area contributed by atoms with Crippen molar-refractivity contribution in [1.29, 1.82) is 5.26 Å². The number of anilines is 1. The zero-order valence-electron chi connectivity index (χ0n) is 11.6. The lowest BCUT2D eigenvalue weighted by atomic mass is 10.1. The number of nitriles is 1. The standard InChI is InChI=1S/C15H21N3O/c1-12-7-8-18(15(11-19)10-17(12)2)14-5-3-13(9-16)4-6-14/h3-6,12,15,19H,7-8,10-11H2,1-2H3. The Hall–Kier alpha value is -1.57. The van der Waals surface area contributed by atoms with Crippen LogP contribution in [0.1, 0.15) is 18.9 Å². The summed E-state index contributed by atoms with van der Waals surface area (Å²) in [4.78, 5) is 4.55. The first-order valence-corrected chi connectivity index (χ1v) is 6.73. The molecule has 0 saturated carbocycles. The van der Waals surface area contributed by atoms with Gasteiger partial charge in [-0.2, -0.15) is 5.26 Å². The predicted molar refractivity (Wildman–Crippen MR) is 76.1 cm³/mol. The van der Waals surface area contributed by atoms with Crippen LogP contribution >= 0.6 is 0 Å². The molecule has 19 heavy (non-hydrogen) atoms.